The molecular formula is C30H34ClN3O5. The van der Waals surface area contributed by atoms with Crippen LogP contribution in [0.3, 0.4) is 0 Å². The normalized spacial score (nSPS) is 16.7. The number of carbonyl (C=O) groups is 2. The smallest absolute Gasteiger partial charge is 0.259 e. The van der Waals surface area contributed by atoms with Crippen LogP contribution in [0.2, 0.25) is 5.02 Å². The van der Waals surface area contributed by atoms with Crippen molar-refractivity contribution < 1.29 is 23.8 Å². The van der Waals surface area contributed by atoms with Crippen molar-refractivity contribution in [3.05, 3.63) is 82.4 Å². The molecule has 39 heavy (non-hydrogen) atoms. The number of ether oxygens (including phenoxy) is 3. The Morgan fingerprint density at radius 2 is 1.64 bits per heavy atom. The van der Waals surface area contributed by atoms with Gasteiger partial charge in [-0.3, -0.25) is 9.59 Å². The van der Waals surface area contributed by atoms with Gasteiger partial charge in [0.2, 0.25) is 0 Å². The van der Waals surface area contributed by atoms with Crippen molar-refractivity contribution in [2.24, 2.45) is 5.73 Å². The molecular weight excluding hydrogens is 518 g/mol. The quantitative estimate of drug-likeness (QED) is 0.362. The average molecular weight is 552 g/mol. The maximum atomic E-state index is 13.9. The molecule has 4 rings (SSSR count). The summed E-state index contributed by atoms with van der Waals surface area (Å²) in [6.45, 7) is 0.225. The average Bonchev–Trinajstić information content (AvgIpc) is 2.97. The summed E-state index contributed by atoms with van der Waals surface area (Å²) in [4.78, 5) is 28.7. The van der Waals surface area contributed by atoms with E-state index in [1.807, 2.05) is 0 Å². The molecule has 2 atom stereocenters. The maximum Gasteiger partial charge on any atom is 0.259 e. The topological polar surface area (TPSA) is 103 Å². The van der Waals surface area contributed by atoms with Crippen molar-refractivity contribution in [1.29, 1.82) is 0 Å². The molecule has 0 spiro atoms. The second kappa shape index (κ2) is 12.9. The van der Waals surface area contributed by atoms with E-state index in [0.29, 0.717) is 44.6 Å². The number of nitrogens with zero attached hydrogens (tertiary/aromatic N) is 1. The fourth-order valence-corrected chi connectivity index (χ4v) is 5.17. The molecule has 0 bridgehead atoms. The SMILES string of the molecule is COc1ccc(C(=O)N(Cc2cc(NC(=O)c3ccccc3OC)ccc2Cl)C2CCCCC2N)cc1OC. The molecule has 0 saturated heterocycles. The summed E-state index contributed by atoms with van der Waals surface area (Å²) >= 11 is 6.62. The summed E-state index contributed by atoms with van der Waals surface area (Å²) in [5, 5.41) is 3.40. The fourth-order valence-electron chi connectivity index (χ4n) is 4.99. The number of benzene rings is 3. The van der Waals surface area contributed by atoms with Gasteiger partial charge in [-0.1, -0.05) is 36.6 Å². The van der Waals surface area contributed by atoms with Gasteiger partial charge < -0.3 is 30.2 Å². The molecule has 2 amide bonds. The van der Waals surface area contributed by atoms with Crippen LogP contribution in [0.25, 0.3) is 0 Å². The van der Waals surface area contributed by atoms with Crippen LogP contribution in [-0.2, 0) is 6.54 Å². The molecule has 8 nitrogen and oxygen atoms in total. The van der Waals surface area contributed by atoms with Gasteiger partial charge in [0, 0.05) is 34.9 Å². The minimum Gasteiger partial charge on any atom is -0.496 e. The van der Waals surface area contributed by atoms with Crippen molar-refractivity contribution in [2.75, 3.05) is 26.6 Å². The van der Waals surface area contributed by atoms with Crippen LogP contribution in [0.15, 0.2) is 60.7 Å². The second-order valence-corrected chi connectivity index (χ2v) is 9.89. The van der Waals surface area contributed by atoms with E-state index in [4.69, 9.17) is 31.5 Å². The highest BCUT2D eigenvalue weighted by molar-refractivity contribution is 6.31. The van der Waals surface area contributed by atoms with Crippen LogP contribution < -0.4 is 25.3 Å². The zero-order valence-corrected chi connectivity index (χ0v) is 23.2. The number of para-hydroxylation sites is 1. The number of nitrogens with one attached hydrogen (secondary N) is 1. The molecule has 0 aliphatic heterocycles. The molecule has 1 aliphatic rings. The second-order valence-electron chi connectivity index (χ2n) is 9.48. The molecule has 0 heterocycles. The van der Waals surface area contributed by atoms with Gasteiger partial charge in [-0.15, -0.1) is 0 Å². The Bertz CT molecular complexity index is 1330. The number of anilines is 1. The highest BCUT2D eigenvalue weighted by Crippen LogP contribution is 2.32. The first-order valence-corrected chi connectivity index (χ1v) is 13.3. The first kappa shape index (κ1) is 28.3. The van der Waals surface area contributed by atoms with Crippen LogP contribution in [0.4, 0.5) is 5.69 Å². The lowest BCUT2D eigenvalue weighted by Crippen LogP contribution is -2.51. The number of halogens is 1. The Morgan fingerprint density at radius 3 is 2.36 bits per heavy atom. The summed E-state index contributed by atoms with van der Waals surface area (Å²) in [6, 6.07) is 17.0. The Morgan fingerprint density at radius 1 is 0.923 bits per heavy atom. The van der Waals surface area contributed by atoms with Crippen LogP contribution >= 0.6 is 11.6 Å². The van der Waals surface area contributed by atoms with Gasteiger partial charge in [0.05, 0.1) is 26.9 Å². The third-order valence-electron chi connectivity index (χ3n) is 7.07. The van der Waals surface area contributed by atoms with Crippen molar-refractivity contribution in [2.45, 2.75) is 44.3 Å². The van der Waals surface area contributed by atoms with Crippen molar-refractivity contribution in [1.82, 2.24) is 4.90 Å². The first-order valence-electron chi connectivity index (χ1n) is 12.9. The summed E-state index contributed by atoms with van der Waals surface area (Å²) in [5.74, 6) is 0.986. The number of methoxy groups -OCH3 is 3. The van der Waals surface area contributed by atoms with Gasteiger partial charge in [0.25, 0.3) is 11.8 Å². The lowest BCUT2D eigenvalue weighted by Gasteiger charge is -2.39. The van der Waals surface area contributed by atoms with E-state index in [9.17, 15) is 9.59 Å². The third-order valence-corrected chi connectivity index (χ3v) is 7.44. The number of amides is 2. The number of nitrogens with two attached hydrogens (primary N) is 1. The van der Waals surface area contributed by atoms with Crippen LogP contribution in [0.1, 0.15) is 52.0 Å². The Kier molecular flexibility index (Phi) is 9.32. The van der Waals surface area contributed by atoms with Gasteiger partial charge in [-0.2, -0.15) is 0 Å². The molecule has 3 aromatic rings. The van der Waals surface area contributed by atoms with Crippen molar-refractivity contribution in [3.8, 4) is 17.2 Å². The van der Waals surface area contributed by atoms with Gasteiger partial charge in [-0.05, 0) is 66.9 Å². The number of rotatable bonds is 9. The van der Waals surface area contributed by atoms with Crippen LogP contribution in [0.5, 0.6) is 17.2 Å². The van der Waals surface area contributed by atoms with E-state index in [1.165, 1.54) is 14.2 Å². The molecule has 1 aliphatic carbocycles. The van der Waals surface area contributed by atoms with E-state index in [1.54, 1.807) is 72.7 Å². The monoisotopic (exact) mass is 551 g/mol. The minimum atomic E-state index is -0.312. The molecule has 0 radical (unpaired) electrons. The van der Waals surface area contributed by atoms with Gasteiger partial charge in [0.1, 0.15) is 5.75 Å². The molecule has 9 heteroatoms. The van der Waals surface area contributed by atoms with Gasteiger partial charge >= 0.3 is 0 Å². The largest absolute Gasteiger partial charge is 0.496 e. The Balaban J connectivity index is 1.64. The van der Waals surface area contributed by atoms with Crippen LogP contribution in [0, 0.1) is 0 Å². The molecule has 0 aromatic heterocycles. The lowest BCUT2D eigenvalue weighted by molar-refractivity contribution is 0.0583. The lowest BCUT2D eigenvalue weighted by atomic mass is 9.89. The van der Waals surface area contributed by atoms with Crippen molar-refractivity contribution in [3.63, 3.8) is 0 Å². The minimum absolute atomic E-state index is 0.157. The molecule has 3 N–H and O–H groups in total. The molecule has 206 valence electrons. The van der Waals surface area contributed by atoms with Gasteiger partial charge in [-0.25, -0.2) is 0 Å². The summed E-state index contributed by atoms with van der Waals surface area (Å²) in [6.07, 6.45) is 3.64. The summed E-state index contributed by atoms with van der Waals surface area (Å²) in [5.41, 5.74) is 8.66. The predicted octanol–water partition coefficient (Wildman–Crippen LogP) is 5.53. The number of hydrogen-bond acceptors (Lipinski definition) is 6. The molecule has 2 unspecified atom stereocenters. The number of carbonyl (C=O) groups excluding carboxylic acids is 2. The van der Waals surface area contributed by atoms with Gasteiger partial charge in [0.15, 0.2) is 11.5 Å². The fraction of sp³-hybridized carbons (Fsp3) is 0.333. The predicted molar refractivity (Wildman–Crippen MR) is 152 cm³/mol. The molecule has 1 fully saturated rings. The maximum absolute atomic E-state index is 13.9. The Hall–Kier alpha value is -3.75. The highest BCUT2D eigenvalue weighted by Gasteiger charge is 2.32. The molecule has 1 saturated carbocycles. The molecule has 3 aromatic carbocycles. The van der Waals surface area contributed by atoms with Crippen LogP contribution in [-0.4, -0.2) is 50.1 Å². The van der Waals surface area contributed by atoms with E-state index in [0.717, 1.165) is 25.7 Å². The van der Waals surface area contributed by atoms with E-state index in [2.05, 4.69) is 5.32 Å². The highest BCUT2D eigenvalue weighted by atomic mass is 35.5. The Labute approximate surface area is 234 Å². The summed E-state index contributed by atoms with van der Waals surface area (Å²) in [7, 11) is 4.60. The summed E-state index contributed by atoms with van der Waals surface area (Å²) < 4.78 is 16.1. The third kappa shape index (κ3) is 6.46. The van der Waals surface area contributed by atoms with E-state index in [-0.39, 0.29) is 30.4 Å². The number of hydrogen-bond donors (Lipinski definition) is 2. The van der Waals surface area contributed by atoms with E-state index >= 15 is 0 Å². The van der Waals surface area contributed by atoms with E-state index < -0.39 is 0 Å². The van der Waals surface area contributed by atoms with Crippen molar-refractivity contribution >= 4 is 29.1 Å². The standard InChI is InChI=1S/C30H34ClN3O5/c1-37-26-11-7-4-8-22(26)29(35)33-21-13-14-23(31)20(16-21)18-34(25-10-6-5-9-24(25)32)30(36)19-12-15-27(38-2)28(17-19)39-3/h4,7-8,11-17,24-25H,5-6,9-10,18,32H2,1-3H3,(H,33,35). The zero-order valence-electron chi connectivity index (χ0n) is 22.4. The first-order chi connectivity index (χ1) is 18.9. The zero-order chi connectivity index (χ0) is 27.9.